The number of aromatic nitrogens is 3. The van der Waals surface area contributed by atoms with E-state index >= 15 is 0 Å². The molecule has 0 spiro atoms. The number of fused-ring (bicyclic) bond motifs is 1. The van der Waals surface area contributed by atoms with E-state index in [-0.39, 0.29) is 0 Å². The lowest BCUT2D eigenvalue weighted by Gasteiger charge is -2.11. The summed E-state index contributed by atoms with van der Waals surface area (Å²) in [5, 5.41) is 11.2. The smallest absolute Gasteiger partial charge is 0.153 e. The van der Waals surface area contributed by atoms with E-state index in [4.69, 9.17) is 0 Å². The number of anilines is 1. The van der Waals surface area contributed by atoms with Gasteiger partial charge in [-0.1, -0.05) is 0 Å². The molecule has 3 rings (SSSR count). The fourth-order valence-electron chi connectivity index (χ4n) is 2.06. The Balaban J connectivity index is 1.86. The van der Waals surface area contributed by atoms with Gasteiger partial charge in [0.25, 0.3) is 0 Å². The molecule has 0 aliphatic carbocycles. The van der Waals surface area contributed by atoms with Gasteiger partial charge in [-0.25, -0.2) is 9.50 Å². The van der Waals surface area contributed by atoms with Gasteiger partial charge in [-0.3, -0.25) is 0 Å². The molecular formula is C11H15N5. The maximum atomic E-state index is 4.47. The van der Waals surface area contributed by atoms with E-state index in [2.05, 4.69) is 20.7 Å². The molecule has 1 aliphatic rings. The Kier molecular flexibility index (Phi) is 2.25. The number of hydrogen-bond donors (Lipinski definition) is 2. The van der Waals surface area contributed by atoms with Crippen LogP contribution in [0.1, 0.15) is 12.1 Å². The molecule has 3 heterocycles. The molecule has 2 aromatic heterocycles. The van der Waals surface area contributed by atoms with Crippen LogP contribution < -0.4 is 10.6 Å². The first-order chi connectivity index (χ1) is 7.81. The lowest BCUT2D eigenvalue weighted by Crippen LogP contribution is -2.23. The molecule has 0 bridgehead atoms. The van der Waals surface area contributed by atoms with Gasteiger partial charge in [-0.15, -0.1) is 5.10 Å². The van der Waals surface area contributed by atoms with Crippen LogP contribution in [0.25, 0.3) is 5.65 Å². The van der Waals surface area contributed by atoms with Crippen molar-refractivity contribution in [2.45, 2.75) is 19.4 Å². The number of aryl methyl sites for hydroxylation is 1. The van der Waals surface area contributed by atoms with Crippen LogP contribution in [0.2, 0.25) is 0 Å². The largest absolute Gasteiger partial charge is 0.365 e. The minimum atomic E-state index is 0.495. The van der Waals surface area contributed by atoms with Crippen LogP contribution in [0.5, 0.6) is 0 Å². The van der Waals surface area contributed by atoms with Crippen molar-refractivity contribution in [2.75, 3.05) is 18.4 Å². The number of nitrogens with one attached hydrogen (secondary N) is 2. The molecule has 5 nitrogen and oxygen atoms in total. The molecule has 84 valence electrons. The molecule has 0 radical (unpaired) electrons. The van der Waals surface area contributed by atoms with Crippen LogP contribution >= 0.6 is 0 Å². The summed E-state index contributed by atoms with van der Waals surface area (Å²) in [6, 6.07) is 4.47. The number of imidazole rings is 1. The second kappa shape index (κ2) is 3.75. The van der Waals surface area contributed by atoms with Gasteiger partial charge in [-0.05, 0) is 32.0 Å². The Morgan fingerprint density at radius 3 is 3.25 bits per heavy atom. The number of hydrogen-bond acceptors (Lipinski definition) is 4. The second-order valence-electron chi connectivity index (χ2n) is 4.24. The van der Waals surface area contributed by atoms with Gasteiger partial charge >= 0.3 is 0 Å². The lowest BCUT2D eigenvalue weighted by molar-refractivity contribution is 0.778. The van der Waals surface area contributed by atoms with Gasteiger partial charge in [0.15, 0.2) is 5.65 Å². The SMILES string of the molecule is Cc1cn2nc(N[C@H]3CCNC3)ccc2n1. The Morgan fingerprint density at radius 2 is 2.44 bits per heavy atom. The molecule has 0 unspecified atom stereocenters. The van der Waals surface area contributed by atoms with Crippen molar-refractivity contribution < 1.29 is 0 Å². The highest BCUT2D eigenvalue weighted by atomic mass is 15.3. The Morgan fingerprint density at radius 1 is 1.50 bits per heavy atom. The average Bonchev–Trinajstić information content (AvgIpc) is 2.85. The summed E-state index contributed by atoms with van der Waals surface area (Å²) in [6.07, 6.45) is 3.09. The number of rotatable bonds is 2. The van der Waals surface area contributed by atoms with Crippen molar-refractivity contribution in [2.24, 2.45) is 0 Å². The molecular weight excluding hydrogens is 202 g/mol. The Hall–Kier alpha value is -1.62. The van der Waals surface area contributed by atoms with Crippen molar-refractivity contribution in [3.8, 4) is 0 Å². The fourth-order valence-corrected chi connectivity index (χ4v) is 2.06. The highest BCUT2D eigenvalue weighted by Gasteiger charge is 2.14. The molecule has 1 saturated heterocycles. The Labute approximate surface area is 93.9 Å². The summed E-state index contributed by atoms with van der Waals surface area (Å²) in [4.78, 5) is 4.35. The molecule has 0 amide bonds. The summed E-state index contributed by atoms with van der Waals surface area (Å²) in [5.74, 6) is 0.915. The van der Waals surface area contributed by atoms with Crippen LogP contribution in [0, 0.1) is 6.92 Å². The molecule has 5 heteroatoms. The second-order valence-corrected chi connectivity index (χ2v) is 4.24. The molecule has 2 N–H and O–H groups in total. The zero-order valence-electron chi connectivity index (χ0n) is 9.27. The Bertz CT molecular complexity index is 498. The maximum absolute atomic E-state index is 4.47. The third kappa shape index (κ3) is 1.74. The standard InChI is InChI=1S/C11H15N5/c1-8-7-16-11(13-8)3-2-10(15-16)14-9-4-5-12-6-9/h2-3,7,9,12H,4-6H2,1H3,(H,14,15)/t9-/m0/s1. The summed E-state index contributed by atoms with van der Waals surface area (Å²) in [5.41, 5.74) is 1.89. The maximum Gasteiger partial charge on any atom is 0.153 e. The highest BCUT2D eigenvalue weighted by Crippen LogP contribution is 2.10. The van der Waals surface area contributed by atoms with E-state index < -0.39 is 0 Å². The first kappa shape index (κ1) is 9.59. The van der Waals surface area contributed by atoms with Gasteiger partial charge in [0.1, 0.15) is 5.82 Å². The van der Waals surface area contributed by atoms with Crippen LogP contribution in [0.15, 0.2) is 18.3 Å². The van der Waals surface area contributed by atoms with E-state index in [0.717, 1.165) is 36.7 Å². The molecule has 1 aliphatic heterocycles. The van der Waals surface area contributed by atoms with Crippen LogP contribution in [-0.2, 0) is 0 Å². The zero-order valence-corrected chi connectivity index (χ0v) is 9.27. The van der Waals surface area contributed by atoms with E-state index in [1.807, 2.05) is 29.8 Å². The quantitative estimate of drug-likeness (QED) is 0.781. The minimum Gasteiger partial charge on any atom is -0.365 e. The molecule has 16 heavy (non-hydrogen) atoms. The minimum absolute atomic E-state index is 0.495. The summed E-state index contributed by atoms with van der Waals surface area (Å²) >= 11 is 0. The van der Waals surface area contributed by atoms with E-state index in [0.29, 0.717) is 6.04 Å². The van der Waals surface area contributed by atoms with Gasteiger partial charge in [0.2, 0.25) is 0 Å². The van der Waals surface area contributed by atoms with Gasteiger partial charge < -0.3 is 10.6 Å². The first-order valence-corrected chi connectivity index (χ1v) is 5.61. The van der Waals surface area contributed by atoms with Crippen molar-refractivity contribution in [3.05, 3.63) is 24.0 Å². The lowest BCUT2D eigenvalue weighted by atomic mass is 10.2. The topological polar surface area (TPSA) is 54.2 Å². The van der Waals surface area contributed by atoms with Crippen molar-refractivity contribution >= 4 is 11.5 Å². The monoisotopic (exact) mass is 217 g/mol. The van der Waals surface area contributed by atoms with E-state index in [1.165, 1.54) is 0 Å². The van der Waals surface area contributed by atoms with Crippen LogP contribution in [0.4, 0.5) is 5.82 Å². The van der Waals surface area contributed by atoms with Crippen molar-refractivity contribution in [1.29, 1.82) is 0 Å². The fraction of sp³-hybridized carbons (Fsp3) is 0.455. The van der Waals surface area contributed by atoms with Gasteiger partial charge in [0.05, 0.1) is 11.9 Å². The normalized spacial score (nSPS) is 20.4. The highest BCUT2D eigenvalue weighted by molar-refractivity contribution is 5.45. The summed E-state index contributed by atoms with van der Waals surface area (Å²) < 4.78 is 1.82. The summed E-state index contributed by atoms with van der Waals surface area (Å²) in [6.45, 7) is 4.08. The van der Waals surface area contributed by atoms with Gasteiger partial charge in [0, 0.05) is 12.6 Å². The predicted octanol–water partition coefficient (Wildman–Crippen LogP) is 0.812. The number of nitrogens with zero attached hydrogens (tertiary/aromatic N) is 3. The third-order valence-electron chi connectivity index (χ3n) is 2.85. The van der Waals surface area contributed by atoms with Crippen molar-refractivity contribution in [1.82, 2.24) is 19.9 Å². The molecule has 2 aromatic rings. The molecule has 1 fully saturated rings. The van der Waals surface area contributed by atoms with Crippen LogP contribution in [0.3, 0.4) is 0 Å². The van der Waals surface area contributed by atoms with E-state index in [1.54, 1.807) is 0 Å². The molecule has 1 atom stereocenters. The molecule has 0 aromatic carbocycles. The zero-order chi connectivity index (χ0) is 11.0. The molecule has 0 saturated carbocycles. The van der Waals surface area contributed by atoms with Crippen molar-refractivity contribution in [3.63, 3.8) is 0 Å². The predicted molar refractivity (Wildman–Crippen MR) is 62.6 cm³/mol. The summed E-state index contributed by atoms with van der Waals surface area (Å²) in [7, 11) is 0. The van der Waals surface area contributed by atoms with Gasteiger partial charge in [-0.2, -0.15) is 0 Å². The third-order valence-corrected chi connectivity index (χ3v) is 2.85. The average molecular weight is 217 g/mol. The van der Waals surface area contributed by atoms with E-state index in [9.17, 15) is 0 Å². The van der Waals surface area contributed by atoms with Crippen LogP contribution in [-0.4, -0.2) is 33.7 Å². The first-order valence-electron chi connectivity index (χ1n) is 5.61.